The van der Waals surface area contributed by atoms with Gasteiger partial charge < -0.3 is 0 Å². The van der Waals surface area contributed by atoms with Crippen molar-refractivity contribution in [3.8, 4) is 6.07 Å². The maximum absolute atomic E-state index is 13.9. The molecular weight excluding hydrogens is 442 g/mol. The fraction of sp³-hybridized carbons (Fsp3) is 0.480. The van der Waals surface area contributed by atoms with Crippen molar-refractivity contribution < 1.29 is 26.3 Å². The van der Waals surface area contributed by atoms with E-state index in [9.17, 15) is 31.6 Å². The Balaban J connectivity index is 1.97. The van der Waals surface area contributed by atoms with Crippen molar-refractivity contribution in [2.24, 2.45) is 5.92 Å². The number of hydrogen-bond acceptors (Lipinski definition) is 2. The lowest BCUT2D eigenvalue weighted by Gasteiger charge is -2.35. The largest absolute Gasteiger partial charge is 0.416 e. The molecular formula is C25H26F6N2. The second kappa shape index (κ2) is 9.38. The van der Waals surface area contributed by atoms with E-state index in [0.717, 1.165) is 11.6 Å². The van der Waals surface area contributed by atoms with E-state index in [0.29, 0.717) is 31.5 Å². The topological polar surface area (TPSA) is 27.0 Å². The zero-order chi connectivity index (χ0) is 24.4. The molecule has 0 aromatic heterocycles. The first-order valence-electron chi connectivity index (χ1n) is 10.8. The van der Waals surface area contributed by atoms with Gasteiger partial charge in [-0.3, -0.25) is 4.90 Å². The van der Waals surface area contributed by atoms with Gasteiger partial charge in [0.25, 0.3) is 0 Å². The van der Waals surface area contributed by atoms with E-state index in [-0.39, 0.29) is 18.9 Å². The average molecular weight is 468 g/mol. The van der Waals surface area contributed by atoms with Gasteiger partial charge >= 0.3 is 12.4 Å². The molecule has 2 aromatic carbocycles. The molecule has 8 heteroatoms. The molecule has 0 spiro atoms. The summed E-state index contributed by atoms with van der Waals surface area (Å²) in [6.45, 7) is 2.45. The van der Waals surface area contributed by atoms with Crippen LogP contribution in [0.4, 0.5) is 26.3 Å². The van der Waals surface area contributed by atoms with E-state index in [1.165, 1.54) is 0 Å². The molecule has 0 heterocycles. The number of halogens is 6. The molecule has 0 saturated heterocycles. The van der Waals surface area contributed by atoms with Gasteiger partial charge in [0, 0.05) is 12.6 Å². The first-order chi connectivity index (χ1) is 15.4. The third-order valence-electron chi connectivity index (χ3n) is 6.58. The summed E-state index contributed by atoms with van der Waals surface area (Å²) in [5, 5.41) is 10.1. The van der Waals surface area contributed by atoms with Crippen LogP contribution in [-0.4, -0.2) is 18.0 Å². The molecule has 178 valence electrons. The summed E-state index contributed by atoms with van der Waals surface area (Å²) < 4.78 is 83.1. The highest BCUT2D eigenvalue weighted by molar-refractivity contribution is 5.49. The van der Waals surface area contributed by atoms with Crippen LogP contribution in [-0.2, 0) is 24.3 Å². The summed E-state index contributed by atoms with van der Waals surface area (Å²) in [5.41, 5.74) is -4.44. The van der Waals surface area contributed by atoms with Crippen LogP contribution in [0.15, 0.2) is 48.5 Å². The van der Waals surface area contributed by atoms with Gasteiger partial charge in [0.2, 0.25) is 0 Å². The third kappa shape index (κ3) is 5.52. The van der Waals surface area contributed by atoms with E-state index >= 15 is 0 Å². The van der Waals surface area contributed by atoms with Gasteiger partial charge in [0.15, 0.2) is 0 Å². The van der Waals surface area contributed by atoms with Crippen LogP contribution in [0.1, 0.15) is 54.9 Å². The van der Waals surface area contributed by atoms with Crippen molar-refractivity contribution >= 4 is 0 Å². The molecule has 0 N–H and O–H groups in total. The highest BCUT2D eigenvalue weighted by Gasteiger charge is 2.54. The maximum Gasteiger partial charge on any atom is 0.416 e. The van der Waals surface area contributed by atoms with Crippen molar-refractivity contribution in [2.45, 2.75) is 63.0 Å². The molecule has 2 atom stereocenters. The van der Waals surface area contributed by atoms with Gasteiger partial charge in [0.05, 0.1) is 22.6 Å². The Kier molecular flexibility index (Phi) is 7.13. The molecule has 2 nitrogen and oxygen atoms in total. The monoisotopic (exact) mass is 468 g/mol. The fourth-order valence-corrected chi connectivity index (χ4v) is 4.50. The van der Waals surface area contributed by atoms with Gasteiger partial charge in [-0.15, -0.1) is 0 Å². The lowest BCUT2D eigenvalue weighted by Crippen LogP contribution is -2.36. The molecule has 2 aromatic rings. The smallest absolute Gasteiger partial charge is 0.299 e. The quantitative estimate of drug-likeness (QED) is 0.383. The number of nitrogens with zero attached hydrogens (tertiary/aromatic N) is 2. The molecule has 3 rings (SSSR count). The molecule has 1 aliphatic carbocycles. The molecule has 2 unspecified atom stereocenters. The molecule has 0 radical (unpaired) electrons. The maximum atomic E-state index is 13.9. The minimum absolute atomic E-state index is 0.0787. The van der Waals surface area contributed by atoms with E-state index in [4.69, 9.17) is 0 Å². The van der Waals surface area contributed by atoms with Gasteiger partial charge in [-0.05, 0) is 68.8 Å². The zero-order valence-electron chi connectivity index (χ0n) is 18.5. The van der Waals surface area contributed by atoms with Crippen LogP contribution in [0.2, 0.25) is 0 Å². The minimum atomic E-state index is -5.00. The Bertz CT molecular complexity index is 956. The van der Waals surface area contributed by atoms with Crippen LogP contribution in [0.25, 0.3) is 0 Å². The Morgan fingerprint density at radius 2 is 1.48 bits per heavy atom. The van der Waals surface area contributed by atoms with Crippen LogP contribution in [0.3, 0.4) is 0 Å². The summed E-state index contributed by atoms with van der Waals surface area (Å²) >= 11 is 0. The number of nitriles is 1. The molecule has 1 saturated carbocycles. The van der Waals surface area contributed by atoms with Gasteiger partial charge in [0.1, 0.15) is 0 Å². The second-order valence-corrected chi connectivity index (χ2v) is 8.87. The fourth-order valence-electron chi connectivity index (χ4n) is 4.50. The van der Waals surface area contributed by atoms with Crippen LogP contribution in [0.5, 0.6) is 0 Å². The lowest BCUT2D eigenvalue weighted by molar-refractivity contribution is -0.145. The molecule has 33 heavy (non-hydrogen) atoms. The summed E-state index contributed by atoms with van der Waals surface area (Å²) in [7, 11) is 1.85. The Morgan fingerprint density at radius 1 is 0.939 bits per heavy atom. The highest BCUT2D eigenvalue weighted by atomic mass is 19.4. The second-order valence-electron chi connectivity index (χ2n) is 8.87. The summed E-state index contributed by atoms with van der Waals surface area (Å²) in [4.78, 5) is 1.99. The minimum Gasteiger partial charge on any atom is -0.299 e. The molecule has 0 aliphatic heterocycles. The first-order valence-corrected chi connectivity index (χ1v) is 10.8. The van der Waals surface area contributed by atoms with Crippen molar-refractivity contribution in [3.05, 3.63) is 70.8 Å². The van der Waals surface area contributed by atoms with Gasteiger partial charge in [-0.1, -0.05) is 36.4 Å². The molecule has 1 fully saturated rings. The standard InChI is InChI=1S/C25H26F6N2/c1-17(33(2)15-18-7-4-3-5-8-18)13-14-23(16-32,19-11-12-19)22-20(24(26,27)28)9-6-10-21(22)25(29,30)31/h3-10,17,19H,11-15H2,1-2H3. The average Bonchev–Trinajstić information content (AvgIpc) is 3.59. The summed E-state index contributed by atoms with van der Waals surface area (Å²) in [5.74, 6) is -0.529. The Morgan fingerprint density at radius 3 is 1.94 bits per heavy atom. The first kappa shape index (κ1) is 25.1. The van der Waals surface area contributed by atoms with E-state index in [1.54, 1.807) is 0 Å². The normalized spacial score (nSPS) is 17.5. The van der Waals surface area contributed by atoms with Crippen molar-refractivity contribution in [3.63, 3.8) is 0 Å². The summed E-state index contributed by atoms with van der Waals surface area (Å²) in [6, 6.07) is 13.4. The molecule has 1 aliphatic rings. The van der Waals surface area contributed by atoms with Gasteiger partial charge in [-0.25, -0.2) is 0 Å². The van der Waals surface area contributed by atoms with Crippen LogP contribution in [0, 0.1) is 17.2 Å². The van der Waals surface area contributed by atoms with E-state index in [1.807, 2.05) is 55.3 Å². The number of hydrogen-bond donors (Lipinski definition) is 0. The predicted octanol–water partition coefficient (Wildman–Crippen LogP) is 7.20. The van der Waals surface area contributed by atoms with Crippen molar-refractivity contribution in [1.82, 2.24) is 4.90 Å². The van der Waals surface area contributed by atoms with E-state index in [2.05, 4.69) is 0 Å². The zero-order valence-corrected chi connectivity index (χ0v) is 18.5. The predicted molar refractivity (Wildman–Crippen MR) is 113 cm³/mol. The SMILES string of the molecule is CC(CCC(C#N)(c1c(C(F)(F)F)cccc1C(F)(F)F)C1CC1)N(C)Cc1ccccc1. The third-order valence-corrected chi connectivity index (χ3v) is 6.58. The van der Waals surface area contributed by atoms with Gasteiger partial charge in [-0.2, -0.15) is 31.6 Å². The molecule has 0 bridgehead atoms. The Hall–Kier alpha value is -2.53. The summed E-state index contributed by atoms with van der Waals surface area (Å²) in [6.07, 6.45) is -8.91. The number of alkyl halides is 6. The lowest BCUT2D eigenvalue weighted by atomic mass is 9.69. The van der Waals surface area contributed by atoms with E-state index < -0.39 is 40.4 Å². The van der Waals surface area contributed by atoms with Crippen LogP contribution >= 0.6 is 0 Å². The Labute approximate surface area is 189 Å². The number of rotatable bonds is 8. The van der Waals surface area contributed by atoms with Crippen LogP contribution < -0.4 is 0 Å². The molecule has 0 amide bonds. The highest BCUT2D eigenvalue weighted by Crippen LogP contribution is 2.55. The van der Waals surface area contributed by atoms with Crippen molar-refractivity contribution in [1.29, 1.82) is 5.26 Å². The number of benzene rings is 2. The van der Waals surface area contributed by atoms with Crippen molar-refractivity contribution in [2.75, 3.05) is 7.05 Å².